The van der Waals surface area contributed by atoms with E-state index in [0.717, 1.165) is 18.5 Å². The van der Waals surface area contributed by atoms with Gasteiger partial charge in [0.25, 0.3) is 11.7 Å². The van der Waals surface area contributed by atoms with Gasteiger partial charge in [0.15, 0.2) is 0 Å². The third-order valence-corrected chi connectivity index (χ3v) is 5.63. The molecule has 2 aromatic rings. The summed E-state index contributed by atoms with van der Waals surface area (Å²) in [5.74, 6) is -0.173. The van der Waals surface area contributed by atoms with Crippen LogP contribution in [0.2, 0.25) is 0 Å². The smallest absolute Gasteiger partial charge is 0.295 e. The number of benzene rings is 2. The molecular formula is C27H34N2O5. The first-order valence-corrected chi connectivity index (χ1v) is 11.8. The topological polar surface area (TPSA) is 79.3 Å². The molecule has 1 amide bonds. The Morgan fingerprint density at radius 3 is 2.41 bits per heavy atom. The van der Waals surface area contributed by atoms with Gasteiger partial charge in [-0.2, -0.15) is 0 Å². The van der Waals surface area contributed by atoms with E-state index in [2.05, 4.69) is 0 Å². The lowest BCUT2D eigenvalue weighted by atomic mass is 9.95. The molecule has 7 nitrogen and oxygen atoms in total. The Morgan fingerprint density at radius 1 is 1.03 bits per heavy atom. The van der Waals surface area contributed by atoms with Crippen LogP contribution in [0.15, 0.2) is 54.1 Å². The predicted octanol–water partition coefficient (Wildman–Crippen LogP) is 4.25. The van der Waals surface area contributed by atoms with Crippen LogP contribution in [0.3, 0.4) is 0 Å². The molecule has 182 valence electrons. The molecular weight excluding hydrogens is 432 g/mol. The molecule has 1 aliphatic rings. The maximum atomic E-state index is 13.2. The predicted molar refractivity (Wildman–Crippen MR) is 132 cm³/mol. The Kier molecular flexibility index (Phi) is 8.71. The molecule has 0 spiro atoms. The second-order valence-electron chi connectivity index (χ2n) is 8.53. The number of ketones is 1. The molecule has 1 heterocycles. The maximum absolute atomic E-state index is 13.2. The molecule has 0 radical (unpaired) electrons. The zero-order chi connectivity index (χ0) is 24.7. The molecule has 1 unspecified atom stereocenters. The van der Waals surface area contributed by atoms with E-state index >= 15 is 0 Å². The van der Waals surface area contributed by atoms with E-state index in [1.54, 1.807) is 29.2 Å². The van der Waals surface area contributed by atoms with Crippen molar-refractivity contribution in [3.63, 3.8) is 0 Å². The van der Waals surface area contributed by atoms with Gasteiger partial charge in [-0.3, -0.25) is 9.59 Å². The number of Topliss-reactive ketones (excluding diaryl/α,β-unsaturated/α-hetero) is 1. The summed E-state index contributed by atoms with van der Waals surface area (Å²) < 4.78 is 11.2. The van der Waals surface area contributed by atoms with Crippen LogP contribution in [-0.4, -0.2) is 67.0 Å². The van der Waals surface area contributed by atoms with Gasteiger partial charge < -0.3 is 24.4 Å². The highest BCUT2D eigenvalue weighted by Crippen LogP contribution is 2.40. The van der Waals surface area contributed by atoms with E-state index in [1.807, 2.05) is 57.1 Å². The van der Waals surface area contributed by atoms with Crippen molar-refractivity contribution < 1.29 is 24.2 Å². The molecule has 1 fully saturated rings. The summed E-state index contributed by atoms with van der Waals surface area (Å²) in [5.41, 5.74) is 1.27. The molecule has 7 heteroatoms. The lowest BCUT2D eigenvalue weighted by Gasteiger charge is -2.26. The quantitative estimate of drug-likeness (QED) is 0.303. The number of hydrogen-bond donors (Lipinski definition) is 1. The standard InChI is InChI=1S/C27H34N2O5/c1-5-17-34-22-10-7-9-20(18-22)25(30)23-24(19-11-13-21(14-12-19)33-6-2)29(27(32)26(23)31)16-8-15-28(3)4/h7,9-14,18,24,30H,5-6,8,15-17H2,1-4H3. The molecule has 0 saturated carbocycles. The highest BCUT2D eigenvalue weighted by molar-refractivity contribution is 6.46. The van der Waals surface area contributed by atoms with Crippen molar-refractivity contribution in [1.29, 1.82) is 0 Å². The van der Waals surface area contributed by atoms with E-state index < -0.39 is 17.7 Å². The highest BCUT2D eigenvalue weighted by Gasteiger charge is 2.45. The van der Waals surface area contributed by atoms with Crippen LogP contribution >= 0.6 is 0 Å². The second-order valence-corrected chi connectivity index (χ2v) is 8.53. The average molecular weight is 467 g/mol. The fraction of sp³-hybridized carbons (Fsp3) is 0.407. The number of hydrogen-bond acceptors (Lipinski definition) is 6. The molecule has 34 heavy (non-hydrogen) atoms. The van der Waals surface area contributed by atoms with Crippen molar-refractivity contribution in [2.24, 2.45) is 0 Å². The molecule has 1 N–H and O–H groups in total. The molecule has 0 bridgehead atoms. The van der Waals surface area contributed by atoms with Gasteiger partial charge >= 0.3 is 0 Å². The molecule has 0 aliphatic carbocycles. The van der Waals surface area contributed by atoms with E-state index in [1.165, 1.54) is 0 Å². The monoisotopic (exact) mass is 466 g/mol. The van der Waals surface area contributed by atoms with E-state index in [4.69, 9.17) is 9.47 Å². The number of nitrogens with zero attached hydrogens (tertiary/aromatic N) is 2. The van der Waals surface area contributed by atoms with Crippen LogP contribution in [0.5, 0.6) is 11.5 Å². The fourth-order valence-electron chi connectivity index (χ4n) is 4.04. The number of ether oxygens (including phenoxy) is 2. The van der Waals surface area contributed by atoms with Gasteiger partial charge in [0.2, 0.25) is 0 Å². The third kappa shape index (κ3) is 5.78. The third-order valence-electron chi connectivity index (χ3n) is 5.63. The summed E-state index contributed by atoms with van der Waals surface area (Å²) in [7, 11) is 3.93. The zero-order valence-corrected chi connectivity index (χ0v) is 20.4. The Hall–Kier alpha value is -3.32. The summed E-state index contributed by atoms with van der Waals surface area (Å²) in [6, 6.07) is 13.6. The van der Waals surface area contributed by atoms with Gasteiger partial charge in [-0.25, -0.2) is 0 Å². The Labute approximate surface area is 201 Å². The van der Waals surface area contributed by atoms with Crippen molar-refractivity contribution >= 4 is 17.4 Å². The van der Waals surface area contributed by atoms with Gasteiger partial charge in [-0.1, -0.05) is 31.2 Å². The average Bonchev–Trinajstić information content (AvgIpc) is 3.08. The van der Waals surface area contributed by atoms with Crippen LogP contribution in [0.4, 0.5) is 0 Å². The highest BCUT2D eigenvalue weighted by atomic mass is 16.5. The normalized spacial score (nSPS) is 17.4. The maximum Gasteiger partial charge on any atom is 0.295 e. The first kappa shape index (κ1) is 25.3. The first-order valence-electron chi connectivity index (χ1n) is 11.8. The largest absolute Gasteiger partial charge is 0.507 e. The number of amides is 1. The first-order chi connectivity index (χ1) is 16.4. The van der Waals surface area contributed by atoms with Crippen molar-refractivity contribution in [3.8, 4) is 11.5 Å². The molecule has 1 atom stereocenters. The summed E-state index contributed by atoms with van der Waals surface area (Å²) in [5, 5.41) is 11.3. The van der Waals surface area contributed by atoms with Gasteiger partial charge in [0, 0.05) is 12.1 Å². The molecule has 1 saturated heterocycles. The van der Waals surface area contributed by atoms with Gasteiger partial charge in [0.05, 0.1) is 24.8 Å². The Balaban J connectivity index is 2.05. The van der Waals surface area contributed by atoms with Gasteiger partial charge in [0.1, 0.15) is 17.3 Å². The van der Waals surface area contributed by atoms with Crippen LogP contribution in [0, 0.1) is 0 Å². The number of carbonyl (C=O) groups is 2. The number of likely N-dealkylation sites (tertiary alicyclic amines) is 1. The number of aliphatic hydroxyl groups excluding tert-OH is 1. The lowest BCUT2D eigenvalue weighted by Crippen LogP contribution is -2.32. The van der Waals surface area contributed by atoms with E-state index in [0.29, 0.717) is 43.2 Å². The van der Waals surface area contributed by atoms with E-state index in [9.17, 15) is 14.7 Å². The number of aliphatic hydroxyl groups is 1. The fourth-order valence-corrected chi connectivity index (χ4v) is 4.04. The van der Waals surface area contributed by atoms with Crippen molar-refractivity contribution in [2.75, 3.05) is 40.4 Å². The van der Waals surface area contributed by atoms with Crippen LogP contribution < -0.4 is 9.47 Å². The van der Waals surface area contributed by atoms with Crippen molar-refractivity contribution in [2.45, 2.75) is 32.7 Å². The van der Waals surface area contributed by atoms with Crippen LogP contribution in [0.25, 0.3) is 5.76 Å². The molecule has 0 aromatic heterocycles. The minimum Gasteiger partial charge on any atom is -0.507 e. The SMILES string of the molecule is CCCOc1cccc(C(O)=C2C(=O)C(=O)N(CCCN(C)C)C2c2ccc(OCC)cc2)c1. The van der Waals surface area contributed by atoms with Crippen molar-refractivity contribution in [1.82, 2.24) is 9.80 Å². The van der Waals surface area contributed by atoms with Crippen LogP contribution in [-0.2, 0) is 9.59 Å². The summed E-state index contributed by atoms with van der Waals surface area (Å²) >= 11 is 0. The number of carbonyl (C=O) groups excluding carboxylic acids is 2. The Morgan fingerprint density at radius 2 is 1.76 bits per heavy atom. The summed E-state index contributed by atoms with van der Waals surface area (Å²) in [4.78, 5) is 29.8. The molecule has 2 aromatic carbocycles. The second kappa shape index (κ2) is 11.7. The summed E-state index contributed by atoms with van der Waals surface area (Å²) in [6.07, 6.45) is 1.56. The van der Waals surface area contributed by atoms with Gasteiger partial charge in [-0.15, -0.1) is 0 Å². The minimum absolute atomic E-state index is 0.0895. The summed E-state index contributed by atoms with van der Waals surface area (Å²) in [6.45, 7) is 6.18. The molecule has 3 rings (SSSR count). The van der Waals surface area contributed by atoms with E-state index in [-0.39, 0.29) is 11.3 Å². The van der Waals surface area contributed by atoms with Crippen LogP contribution in [0.1, 0.15) is 43.9 Å². The zero-order valence-electron chi connectivity index (χ0n) is 20.4. The van der Waals surface area contributed by atoms with Gasteiger partial charge in [-0.05, 0) is 70.2 Å². The Bertz CT molecular complexity index is 1030. The lowest BCUT2D eigenvalue weighted by molar-refractivity contribution is -0.139. The minimum atomic E-state index is -0.682. The number of rotatable bonds is 11. The molecule has 1 aliphatic heterocycles. The van der Waals surface area contributed by atoms with Crippen molar-refractivity contribution in [3.05, 3.63) is 65.2 Å².